The van der Waals surface area contributed by atoms with E-state index in [2.05, 4.69) is 20.5 Å². The van der Waals surface area contributed by atoms with Gasteiger partial charge in [0.1, 0.15) is 12.4 Å². The Kier molecular flexibility index (Phi) is 5.74. The largest absolute Gasteiger partial charge is 0.418 e. The SMILES string of the molecule is O=C(CO[C@@H](c1ccccc1)C(F)(F)F)NCCc1n[nH]c(=O)[nH]1. The maximum Gasteiger partial charge on any atom is 0.418 e. The molecule has 2 rings (SSSR count). The summed E-state index contributed by atoms with van der Waals surface area (Å²) in [4.78, 5) is 24.8. The maximum atomic E-state index is 13.0. The molecule has 0 bridgehead atoms. The molecule has 0 aliphatic heterocycles. The number of aromatic nitrogens is 3. The number of carbonyl (C=O) groups excluding carboxylic acids is 1. The van der Waals surface area contributed by atoms with E-state index in [-0.39, 0.29) is 18.5 Å². The van der Waals surface area contributed by atoms with Crippen molar-refractivity contribution in [3.63, 3.8) is 0 Å². The summed E-state index contributed by atoms with van der Waals surface area (Å²) < 4.78 is 43.8. The molecule has 24 heavy (non-hydrogen) atoms. The Balaban J connectivity index is 1.83. The number of nitrogens with one attached hydrogen (secondary N) is 3. The van der Waals surface area contributed by atoms with Crippen molar-refractivity contribution in [2.45, 2.75) is 18.7 Å². The van der Waals surface area contributed by atoms with E-state index in [1.54, 1.807) is 6.07 Å². The van der Waals surface area contributed by atoms with Crippen molar-refractivity contribution < 1.29 is 22.7 Å². The summed E-state index contributed by atoms with van der Waals surface area (Å²) in [7, 11) is 0. The smallest absolute Gasteiger partial charge is 0.354 e. The van der Waals surface area contributed by atoms with E-state index in [1.165, 1.54) is 24.3 Å². The van der Waals surface area contributed by atoms with Crippen molar-refractivity contribution in [2.75, 3.05) is 13.2 Å². The molecule has 1 aromatic heterocycles. The second-order valence-corrected chi connectivity index (χ2v) is 4.87. The van der Waals surface area contributed by atoms with Crippen molar-refractivity contribution in [3.05, 3.63) is 52.2 Å². The van der Waals surface area contributed by atoms with E-state index < -0.39 is 30.5 Å². The minimum atomic E-state index is -4.63. The zero-order chi connectivity index (χ0) is 17.6. The van der Waals surface area contributed by atoms with Crippen molar-refractivity contribution in [3.8, 4) is 0 Å². The number of hydrogen-bond donors (Lipinski definition) is 3. The highest BCUT2D eigenvalue weighted by Crippen LogP contribution is 2.35. The fourth-order valence-electron chi connectivity index (χ4n) is 1.96. The normalized spacial score (nSPS) is 12.8. The molecule has 3 N–H and O–H groups in total. The summed E-state index contributed by atoms with van der Waals surface area (Å²) >= 11 is 0. The first-order valence-corrected chi connectivity index (χ1v) is 7.00. The molecule has 2 aromatic rings. The fourth-order valence-corrected chi connectivity index (χ4v) is 1.96. The highest BCUT2D eigenvalue weighted by Gasteiger charge is 2.42. The van der Waals surface area contributed by atoms with Crippen LogP contribution in [-0.4, -0.2) is 40.4 Å². The molecule has 0 radical (unpaired) electrons. The lowest BCUT2D eigenvalue weighted by Crippen LogP contribution is -2.33. The van der Waals surface area contributed by atoms with Gasteiger partial charge in [0.15, 0.2) is 6.10 Å². The van der Waals surface area contributed by atoms with Gasteiger partial charge in [-0.25, -0.2) is 9.89 Å². The molecule has 0 saturated heterocycles. The first-order chi connectivity index (χ1) is 11.4. The summed E-state index contributed by atoms with van der Waals surface area (Å²) in [6.45, 7) is -0.638. The summed E-state index contributed by atoms with van der Waals surface area (Å²) in [5.41, 5.74) is -0.553. The van der Waals surface area contributed by atoms with Gasteiger partial charge in [-0.05, 0) is 5.56 Å². The number of hydrogen-bond acceptors (Lipinski definition) is 4. The summed E-state index contributed by atoms with van der Waals surface area (Å²) in [6.07, 6.45) is -6.57. The minimum absolute atomic E-state index is 0.0769. The molecule has 10 heteroatoms. The molecule has 1 heterocycles. The Morgan fingerprint density at radius 3 is 2.58 bits per heavy atom. The number of halogens is 3. The van der Waals surface area contributed by atoms with E-state index in [1.807, 2.05) is 0 Å². The Labute approximate surface area is 134 Å². The molecule has 1 amide bonds. The molecule has 0 spiro atoms. The van der Waals surface area contributed by atoms with Gasteiger partial charge in [0, 0.05) is 13.0 Å². The first kappa shape index (κ1) is 17.7. The molecule has 0 saturated carbocycles. The quantitative estimate of drug-likeness (QED) is 0.700. The van der Waals surface area contributed by atoms with Gasteiger partial charge in [-0.1, -0.05) is 30.3 Å². The van der Waals surface area contributed by atoms with Crippen molar-refractivity contribution in [1.29, 1.82) is 0 Å². The number of benzene rings is 1. The predicted octanol–water partition coefficient (Wildman–Crippen LogP) is 1.08. The zero-order valence-electron chi connectivity index (χ0n) is 12.4. The van der Waals surface area contributed by atoms with Crippen LogP contribution in [0.25, 0.3) is 0 Å². The molecular weight excluding hydrogens is 329 g/mol. The number of rotatable bonds is 7. The lowest BCUT2D eigenvalue weighted by molar-refractivity contribution is -0.223. The lowest BCUT2D eigenvalue weighted by atomic mass is 10.1. The highest BCUT2D eigenvalue weighted by molar-refractivity contribution is 5.77. The molecule has 1 atom stereocenters. The van der Waals surface area contributed by atoms with Crippen molar-refractivity contribution in [2.24, 2.45) is 0 Å². The van der Waals surface area contributed by atoms with Gasteiger partial charge in [-0.3, -0.25) is 9.78 Å². The number of nitrogens with zero attached hydrogens (tertiary/aromatic N) is 1. The Hall–Kier alpha value is -2.62. The Morgan fingerprint density at radius 2 is 2.00 bits per heavy atom. The zero-order valence-corrected chi connectivity index (χ0v) is 12.4. The number of carbonyl (C=O) groups is 1. The Morgan fingerprint density at radius 1 is 1.29 bits per heavy atom. The molecule has 7 nitrogen and oxygen atoms in total. The van der Waals surface area contributed by atoms with E-state index in [9.17, 15) is 22.8 Å². The summed E-state index contributed by atoms with van der Waals surface area (Å²) in [5.74, 6) is -0.364. The van der Waals surface area contributed by atoms with E-state index in [0.717, 1.165) is 0 Å². The van der Waals surface area contributed by atoms with Crippen LogP contribution in [0, 0.1) is 0 Å². The number of alkyl halides is 3. The standard InChI is InChI=1S/C14H15F3N4O3/c15-14(16,17)12(9-4-2-1-3-5-9)24-8-11(22)18-7-6-10-19-13(23)21-20-10/h1-5,12H,6-8H2,(H,18,22)(H2,19,20,21,23)/t12-/m0/s1. The average molecular weight is 344 g/mol. The number of H-pyrrole nitrogens is 2. The van der Waals surface area contributed by atoms with Crippen molar-refractivity contribution in [1.82, 2.24) is 20.5 Å². The Bertz CT molecular complexity index is 712. The highest BCUT2D eigenvalue weighted by atomic mass is 19.4. The van der Waals surface area contributed by atoms with Gasteiger partial charge in [-0.15, -0.1) is 0 Å². The van der Waals surface area contributed by atoms with Crippen LogP contribution >= 0.6 is 0 Å². The van der Waals surface area contributed by atoms with Gasteiger partial charge >= 0.3 is 11.9 Å². The van der Waals surface area contributed by atoms with Crippen LogP contribution < -0.4 is 11.0 Å². The fraction of sp³-hybridized carbons (Fsp3) is 0.357. The molecule has 1 aromatic carbocycles. The number of ether oxygens (including phenoxy) is 1. The third kappa shape index (κ3) is 5.23. The van der Waals surface area contributed by atoms with Crippen molar-refractivity contribution >= 4 is 5.91 Å². The second-order valence-electron chi connectivity index (χ2n) is 4.87. The van der Waals surface area contributed by atoms with Gasteiger partial charge in [-0.2, -0.15) is 18.3 Å². The second kappa shape index (κ2) is 7.77. The monoisotopic (exact) mass is 344 g/mol. The van der Waals surface area contributed by atoms with Crippen LogP contribution in [0.15, 0.2) is 35.1 Å². The molecule has 0 fully saturated rings. The van der Waals surface area contributed by atoms with Gasteiger partial charge < -0.3 is 10.1 Å². The number of aromatic amines is 2. The van der Waals surface area contributed by atoms with Gasteiger partial charge in [0.2, 0.25) is 5.91 Å². The third-order valence-electron chi connectivity index (χ3n) is 3.01. The van der Waals surface area contributed by atoms with Crippen LogP contribution in [0.3, 0.4) is 0 Å². The average Bonchev–Trinajstić information content (AvgIpc) is 2.93. The minimum Gasteiger partial charge on any atom is -0.354 e. The third-order valence-corrected chi connectivity index (χ3v) is 3.01. The maximum absolute atomic E-state index is 13.0. The predicted molar refractivity (Wildman–Crippen MR) is 77.1 cm³/mol. The van der Waals surface area contributed by atoms with Crippen LogP contribution in [-0.2, 0) is 16.0 Å². The van der Waals surface area contributed by atoms with Crippen LogP contribution in [0.4, 0.5) is 13.2 Å². The molecular formula is C14H15F3N4O3. The molecule has 0 aliphatic rings. The van der Waals surface area contributed by atoms with E-state index in [0.29, 0.717) is 5.82 Å². The van der Waals surface area contributed by atoms with Crippen LogP contribution in [0.1, 0.15) is 17.5 Å². The van der Waals surface area contributed by atoms with Crippen LogP contribution in [0.5, 0.6) is 0 Å². The van der Waals surface area contributed by atoms with Gasteiger partial charge in [0.05, 0.1) is 0 Å². The van der Waals surface area contributed by atoms with E-state index in [4.69, 9.17) is 4.74 Å². The first-order valence-electron chi connectivity index (χ1n) is 7.00. The summed E-state index contributed by atoms with van der Waals surface area (Å²) in [6, 6.07) is 7.07. The van der Waals surface area contributed by atoms with Crippen LogP contribution in [0.2, 0.25) is 0 Å². The molecule has 0 unspecified atom stereocenters. The molecule has 130 valence electrons. The number of amides is 1. The topological polar surface area (TPSA) is 99.9 Å². The van der Waals surface area contributed by atoms with Gasteiger partial charge in [0.25, 0.3) is 0 Å². The van der Waals surface area contributed by atoms with E-state index >= 15 is 0 Å². The lowest BCUT2D eigenvalue weighted by Gasteiger charge is -2.21. The molecule has 0 aliphatic carbocycles. The summed E-state index contributed by atoms with van der Waals surface area (Å²) in [5, 5.41) is 8.18.